The SMILES string of the molecule is CC[CH2][Sn]([CH3])([CH2]C)[CH2]CC. The van der Waals surface area contributed by atoms with Crippen LogP contribution in [0.15, 0.2) is 0 Å². The van der Waals surface area contributed by atoms with Crippen LogP contribution in [0, 0.1) is 0 Å². The summed E-state index contributed by atoms with van der Waals surface area (Å²) in [7, 11) is 0. The van der Waals surface area contributed by atoms with E-state index in [1.54, 1.807) is 13.3 Å². The van der Waals surface area contributed by atoms with E-state index in [4.69, 9.17) is 0 Å². The molecule has 10 heavy (non-hydrogen) atoms. The molecule has 0 aromatic heterocycles. The van der Waals surface area contributed by atoms with Gasteiger partial charge in [-0.3, -0.25) is 0 Å². The summed E-state index contributed by atoms with van der Waals surface area (Å²) in [6.45, 7) is 7.07. The molecule has 0 saturated carbocycles. The first-order chi connectivity index (χ1) is 4.68. The molecule has 62 valence electrons. The van der Waals surface area contributed by atoms with E-state index in [0.29, 0.717) is 0 Å². The summed E-state index contributed by atoms with van der Waals surface area (Å²) in [5, 5.41) is 0. The average molecular weight is 249 g/mol. The zero-order valence-corrected chi connectivity index (χ0v) is 10.9. The Labute approximate surface area is 70.3 Å². The quantitative estimate of drug-likeness (QED) is 0.648. The van der Waals surface area contributed by atoms with Crippen LogP contribution < -0.4 is 0 Å². The first-order valence-corrected chi connectivity index (χ1v) is 13.6. The van der Waals surface area contributed by atoms with Crippen LogP contribution in [0.2, 0.25) is 18.2 Å². The molecule has 0 spiro atoms. The molecule has 0 aliphatic heterocycles. The fraction of sp³-hybridized carbons (Fsp3) is 1.00. The molecule has 1 heteroatoms. The van der Waals surface area contributed by atoms with Gasteiger partial charge in [0.15, 0.2) is 0 Å². The Morgan fingerprint density at radius 3 is 1.50 bits per heavy atom. The van der Waals surface area contributed by atoms with Gasteiger partial charge in [-0.25, -0.2) is 0 Å². The second-order valence-electron chi connectivity index (χ2n) is 3.66. The monoisotopic (exact) mass is 250 g/mol. The summed E-state index contributed by atoms with van der Waals surface area (Å²) in [6.07, 6.45) is 2.86. The second-order valence-corrected chi connectivity index (χ2v) is 18.9. The first kappa shape index (κ1) is 10.8. The van der Waals surface area contributed by atoms with Crippen molar-refractivity contribution in [3.8, 4) is 0 Å². The third kappa shape index (κ3) is 3.84. The number of rotatable bonds is 5. The molecule has 0 fully saturated rings. The molecule has 0 bridgehead atoms. The van der Waals surface area contributed by atoms with E-state index in [0.717, 1.165) is 0 Å². The molecule has 0 unspecified atom stereocenters. The zero-order chi connectivity index (χ0) is 8.04. The molecule has 0 amide bonds. The Kier molecular flexibility index (Phi) is 5.88. The fourth-order valence-corrected chi connectivity index (χ4v) is 11.3. The average Bonchev–Trinajstić information content (AvgIpc) is 1.89. The van der Waals surface area contributed by atoms with E-state index >= 15 is 0 Å². The van der Waals surface area contributed by atoms with Gasteiger partial charge in [0.05, 0.1) is 0 Å². The standard InChI is InChI=1S/2C3H7.C2H5.CH3.Sn/c2*1-3-2;1-2;;/h2*1,3H2,2H3;1H2,2H3;1H3;. The Hall–Kier alpha value is 0.799. The minimum absolute atomic E-state index is 1.42. The third-order valence-corrected chi connectivity index (χ3v) is 17.2. The maximum atomic E-state index is 2.63. The van der Waals surface area contributed by atoms with Crippen LogP contribution in [-0.2, 0) is 0 Å². The Morgan fingerprint density at radius 1 is 0.900 bits per heavy atom. The fourth-order valence-electron chi connectivity index (χ4n) is 1.69. The number of hydrogen-bond acceptors (Lipinski definition) is 0. The Morgan fingerprint density at radius 2 is 1.30 bits per heavy atom. The van der Waals surface area contributed by atoms with Crippen LogP contribution in [0.4, 0.5) is 0 Å². The van der Waals surface area contributed by atoms with E-state index < -0.39 is 18.4 Å². The van der Waals surface area contributed by atoms with Crippen molar-refractivity contribution >= 4 is 18.4 Å². The van der Waals surface area contributed by atoms with Crippen LogP contribution in [0.1, 0.15) is 33.6 Å². The summed E-state index contributed by atoms with van der Waals surface area (Å²) < 4.78 is 4.77. The number of hydrogen-bond donors (Lipinski definition) is 0. The Bertz CT molecular complexity index is 72.8. The molecular weight excluding hydrogens is 227 g/mol. The van der Waals surface area contributed by atoms with Gasteiger partial charge in [-0.1, -0.05) is 0 Å². The second kappa shape index (κ2) is 5.45. The van der Waals surface area contributed by atoms with Gasteiger partial charge in [0.2, 0.25) is 0 Å². The van der Waals surface area contributed by atoms with E-state index in [1.807, 2.05) is 0 Å². The molecule has 0 aliphatic carbocycles. The van der Waals surface area contributed by atoms with E-state index in [2.05, 4.69) is 25.7 Å². The summed E-state index contributed by atoms with van der Waals surface area (Å²) in [5.41, 5.74) is 0. The molecule has 0 nitrogen and oxygen atoms in total. The summed E-state index contributed by atoms with van der Waals surface area (Å²) in [5.74, 6) is 0. The first-order valence-electron chi connectivity index (χ1n) is 4.68. The van der Waals surface area contributed by atoms with Crippen molar-refractivity contribution in [2.45, 2.75) is 51.9 Å². The zero-order valence-electron chi connectivity index (χ0n) is 8.04. The third-order valence-electron chi connectivity index (χ3n) is 2.56. The van der Waals surface area contributed by atoms with Gasteiger partial charge in [0.1, 0.15) is 0 Å². The van der Waals surface area contributed by atoms with Crippen molar-refractivity contribution in [1.29, 1.82) is 0 Å². The van der Waals surface area contributed by atoms with Gasteiger partial charge in [0, 0.05) is 0 Å². The summed E-state index contributed by atoms with van der Waals surface area (Å²) >= 11 is -1.42. The van der Waals surface area contributed by atoms with E-state index in [1.165, 1.54) is 12.8 Å². The molecule has 0 atom stereocenters. The van der Waals surface area contributed by atoms with E-state index in [-0.39, 0.29) is 0 Å². The van der Waals surface area contributed by atoms with Gasteiger partial charge >= 0.3 is 70.2 Å². The molecule has 0 saturated heterocycles. The van der Waals surface area contributed by atoms with E-state index in [9.17, 15) is 0 Å². The Balaban J connectivity index is 3.69. The molecule has 0 N–H and O–H groups in total. The summed E-state index contributed by atoms with van der Waals surface area (Å²) in [6, 6.07) is 0. The summed E-state index contributed by atoms with van der Waals surface area (Å²) in [4.78, 5) is 2.63. The molecule has 0 aromatic rings. The predicted octanol–water partition coefficient (Wildman–Crippen LogP) is 3.90. The molecular formula is C9H22Sn. The molecule has 0 radical (unpaired) electrons. The normalized spacial score (nSPS) is 12.0. The van der Waals surface area contributed by atoms with Crippen molar-refractivity contribution in [3.05, 3.63) is 0 Å². The molecule has 0 aromatic carbocycles. The maximum absolute atomic E-state index is 2.63. The minimum atomic E-state index is -1.42. The van der Waals surface area contributed by atoms with Crippen molar-refractivity contribution in [1.82, 2.24) is 0 Å². The van der Waals surface area contributed by atoms with Crippen molar-refractivity contribution < 1.29 is 0 Å². The van der Waals surface area contributed by atoms with Gasteiger partial charge < -0.3 is 0 Å². The molecule has 0 aliphatic rings. The van der Waals surface area contributed by atoms with Crippen LogP contribution in [0.3, 0.4) is 0 Å². The van der Waals surface area contributed by atoms with Crippen molar-refractivity contribution in [3.63, 3.8) is 0 Å². The van der Waals surface area contributed by atoms with Crippen LogP contribution in [0.5, 0.6) is 0 Å². The van der Waals surface area contributed by atoms with Gasteiger partial charge in [-0.2, -0.15) is 0 Å². The predicted molar refractivity (Wildman–Crippen MR) is 52.3 cm³/mol. The molecule has 0 rings (SSSR count). The van der Waals surface area contributed by atoms with Crippen LogP contribution in [-0.4, -0.2) is 18.4 Å². The van der Waals surface area contributed by atoms with Crippen molar-refractivity contribution in [2.24, 2.45) is 0 Å². The topological polar surface area (TPSA) is 0 Å². The molecule has 0 heterocycles. The van der Waals surface area contributed by atoms with Crippen molar-refractivity contribution in [2.75, 3.05) is 0 Å². The van der Waals surface area contributed by atoms with Gasteiger partial charge in [-0.15, -0.1) is 0 Å². The van der Waals surface area contributed by atoms with Crippen LogP contribution in [0.25, 0.3) is 0 Å². The van der Waals surface area contributed by atoms with Crippen LogP contribution >= 0.6 is 0 Å². The van der Waals surface area contributed by atoms with Gasteiger partial charge in [-0.05, 0) is 0 Å². The van der Waals surface area contributed by atoms with Gasteiger partial charge in [0.25, 0.3) is 0 Å².